The number of benzene rings is 1. The summed E-state index contributed by atoms with van der Waals surface area (Å²) in [4.78, 5) is 47.6. The minimum Gasteiger partial charge on any atom is -0.497 e. The van der Waals surface area contributed by atoms with Gasteiger partial charge in [-0.15, -0.1) is 0 Å². The Morgan fingerprint density at radius 3 is 2.37 bits per heavy atom. The number of Topliss-reactive ketones (excluding diaryl/α,β-unsaturated/α-hetero) is 1. The molecule has 1 aromatic carbocycles. The monoisotopic (exact) mass is 530 g/mol. The maximum Gasteiger partial charge on any atom is 0.408 e. The summed E-state index contributed by atoms with van der Waals surface area (Å²) in [5.74, 6) is -0.696. The van der Waals surface area contributed by atoms with Gasteiger partial charge in [0.15, 0.2) is 5.78 Å². The molecule has 1 aromatic heterocycles. The van der Waals surface area contributed by atoms with Gasteiger partial charge in [-0.3, -0.25) is 14.9 Å². The first kappa shape index (κ1) is 29.1. The number of aromatic nitrogens is 2. The second kappa shape index (κ2) is 11.1. The average molecular weight is 531 g/mol. The van der Waals surface area contributed by atoms with Gasteiger partial charge in [-0.2, -0.15) is 0 Å². The zero-order chi connectivity index (χ0) is 28.4. The Labute approximate surface area is 222 Å². The van der Waals surface area contributed by atoms with Crippen LogP contribution in [0.25, 0.3) is 11.0 Å². The van der Waals surface area contributed by atoms with Gasteiger partial charge in [0.05, 0.1) is 24.2 Å². The van der Waals surface area contributed by atoms with Crippen molar-refractivity contribution in [3.63, 3.8) is 0 Å². The van der Waals surface area contributed by atoms with Crippen LogP contribution in [-0.2, 0) is 20.7 Å². The lowest BCUT2D eigenvalue weighted by Crippen LogP contribution is -2.58. The first-order valence-corrected chi connectivity index (χ1v) is 12.7. The molecule has 3 rings (SSSR count). The molecule has 208 valence electrons. The molecule has 0 spiro atoms. The molecule has 4 atom stereocenters. The van der Waals surface area contributed by atoms with Gasteiger partial charge in [0.25, 0.3) is 0 Å². The number of aryl methyl sites for hydroxylation is 1. The largest absolute Gasteiger partial charge is 0.497 e. The number of carbonyl (C=O) groups is 3. The van der Waals surface area contributed by atoms with Crippen LogP contribution in [0.3, 0.4) is 0 Å². The molecule has 0 aliphatic carbocycles. The predicted molar refractivity (Wildman–Crippen MR) is 140 cm³/mol. The van der Waals surface area contributed by atoms with Crippen molar-refractivity contribution in [2.24, 2.45) is 5.41 Å². The van der Waals surface area contributed by atoms with E-state index in [9.17, 15) is 19.5 Å². The zero-order valence-electron chi connectivity index (χ0n) is 23.2. The number of amides is 1. The molecule has 1 aliphatic rings. The Hall–Kier alpha value is -3.47. The summed E-state index contributed by atoms with van der Waals surface area (Å²) in [5.41, 5.74) is 0.320. The van der Waals surface area contributed by atoms with Crippen LogP contribution in [0.1, 0.15) is 60.6 Å². The molecule has 1 amide bonds. The molecule has 0 saturated carbocycles. The molecule has 0 bridgehead atoms. The highest BCUT2D eigenvalue weighted by atomic mass is 16.6. The van der Waals surface area contributed by atoms with E-state index in [1.807, 2.05) is 27.7 Å². The van der Waals surface area contributed by atoms with E-state index in [0.717, 1.165) is 0 Å². The van der Waals surface area contributed by atoms with Crippen molar-refractivity contribution in [1.29, 1.82) is 0 Å². The maximum atomic E-state index is 13.9. The van der Waals surface area contributed by atoms with Crippen molar-refractivity contribution in [2.45, 2.75) is 91.1 Å². The van der Waals surface area contributed by atoms with Crippen LogP contribution in [-0.4, -0.2) is 69.9 Å². The van der Waals surface area contributed by atoms with Gasteiger partial charge >= 0.3 is 12.1 Å². The van der Waals surface area contributed by atoms with Crippen LogP contribution in [0.5, 0.6) is 11.6 Å². The summed E-state index contributed by atoms with van der Waals surface area (Å²) in [7, 11) is 1.55. The van der Waals surface area contributed by atoms with Crippen molar-refractivity contribution < 1.29 is 33.7 Å². The van der Waals surface area contributed by atoms with E-state index in [4.69, 9.17) is 14.2 Å². The predicted octanol–water partition coefficient (Wildman–Crippen LogP) is 3.27. The van der Waals surface area contributed by atoms with E-state index in [-0.39, 0.29) is 12.3 Å². The van der Waals surface area contributed by atoms with Crippen LogP contribution in [0.4, 0.5) is 4.79 Å². The van der Waals surface area contributed by atoms with Crippen LogP contribution >= 0.6 is 0 Å². The number of hydrogen-bond donors (Lipinski definition) is 3. The molecule has 3 unspecified atom stereocenters. The SMILES string of the molecule is CCc1nc2ccc(OC)cc2nc1OC1CC(C(=O)O)NC1C(=O)[C@H](NC(=O)OC(C)(C)C)C(C)(C)C. The van der Waals surface area contributed by atoms with Crippen LogP contribution in [0.2, 0.25) is 0 Å². The number of nitrogens with zero attached hydrogens (tertiary/aromatic N) is 2. The summed E-state index contributed by atoms with van der Waals surface area (Å²) >= 11 is 0. The normalized spacial score (nSPS) is 20.6. The molecule has 2 heterocycles. The minimum absolute atomic E-state index is 0.0238. The summed E-state index contributed by atoms with van der Waals surface area (Å²) in [6.07, 6.45) is -1.07. The third-order valence-electron chi connectivity index (χ3n) is 6.14. The van der Waals surface area contributed by atoms with Crippen LogP contribution in [0, 0.1) is 5.41 Å². The highest BCUT2D eigenvalue weighted by Gasteiger charge is 2.48. The smallest absolute Gasteiger partial charge is 0.408 e. The van der Waals surface area contributed by atoms with Gasteiger partial charge in [-0.25, -0.2) is 14.8 Å². The van der Waals surface area contributed by atoms with E-state index in [2.05, 4.69) is 20.6 Å². The molecule has 11 nitrogen and oxygen atoms in total. The highest BCUT2D eigenvalue weighted by Crippen LogP contribution is 2.29. The number of hydrogen-bond acceptors (Lipinski definition) is 9. The Balaban J connectivity index is 1.95. The Morgan fingerprint density at radius 1 is 1.13 bits per heavy atom. The molecule has 38 heavy (non-hydrogen) atoms. The molecule has 3 N–H and O–H groups in total. The number of carboxylic acid groups (broad SMARTS) is 1. The number of ketones is 1. The van der Waals surface area contributed by atoms with Gasteiger partial charge in [0.2, 0.25) is 5.88 Å². The number of carbonyl (C=O) groups excluding carboxylic acids is 2. The van der Waals surface area contributed by atoms with E-state index >= 15 is 0 Å². The number of methoxy groups -OCH3 is 1. The molecule has 1 fully saturated rings. The molecular weight excluding hydrogens is 492 g/mol. The first-order chi connectivity index (χ1) is 17.6. The number of alkyl carbamates (subject to hydrolysis) is 1. The summed E-state index contributed by atoms with van der Waals surface area (Å²) in [6.45, 7) is 12.5. The second-order valence-electron chi connectivity index (χ2n) is 11.5. The van der Waals surface area contributed by atoms with Crippen LogP contribution < -0.4 is 20.1 Å². The quantitative estimate of drug-likeness (QED) is 0.464. The summed E-state index contributed by atoms with van der Waals surface area (Å²) < 4.78 is 16.9. The Bertz CT molecular complexity index is 1200. The number of rotatable bonds is 8. The van der Waals surface area contributed by atoms with Gasteiger partial charge in [-0.05, 0) is 44.7 Å². The molecule has 2 aromatic rings. The number of nitrogens with one attached hydrogen (secondary N) is 2. The fourth-order valence-corrected chi connectivity index (χ4v) is 4.28. The lowest BCUT2D eigenvalue weighted by Gasteiger charge is -2.34. The zero-order valence-corrected chi connectivity index (χ0v) is 23.2. The van der Waals surface area contributed by atoms with Crippen molar-refractivity contribution in [3.05, 3.63) is 23.9 Å². The first-order valence-electron chi connectivity index (χ1n) is 12.7. The second-order valence-corrected chi connectivity index (χ2v) is 11.5. The molecule has 1 saturated heterocycles. The van der Waals surface area contributed by atoms with Gasteiger partial charge < -0.3 is 24.6 Å². The fourth-order valence-electron chi connectivity index (χ4n) is 4.28. The molecule has 1 aliphatic heterocycles. The topological polar surface area (TPSA) is 149 Å². The highest BCUT2D eigenvalue weighted by molar-refractivity contribution is 5.94. The van der Waals surface area contributed by atoms with Gasteiger partial charge in [-0.1, -0.05) is 27.7 Å². The number of ether oxygens (including phenoxy) is 3. The Morgan fingerprint density at radius 2 is 1.82 bits per heavy atom. The van der Waals surface area contributed by atoms with Crippen molar-refractivity contribution in [2.75, 3.05) is 7.11 Å². The minimum atomic E-state index is -1.11. The maximum absolute atomic E-state index is 13.9. The third kappa shape index (κ3) is 6.89. The van der Waals surface area contributed by atoms with Crippen molar-refractivity contribution >= 4 is 28.9 Å². The number of aliphatic carboxylic acids is 1. The van der Waals surface area contributed by atoms with Crippen LogP contribution in [0.15, 0.2) is 18.2 Å². The van der Waals surface area contributed by atoms with E-state index in [1.54, 1.807) is 46.1 Å². The van der Waals surface area contributed by atoms with Gasteiger partial charge in [0.1, 0.15) is 35.2 Å². The van der Waals surface area contributed by atoms with E-state index in [0.29, 0.717) is 28.9 Å². The summed E-state index contributed by atoms with van der Waals surface area (Å²) in [5, 5.41) is 15.3. The lowest BCUT2D eigenvalue weighted by atomic mass is 9.81. The number of fused-ring (bicyclic) bond motifs is 1. The average Bonchev–Trinajstić information content (AvgIpc) is 3.23. The standard InChI is InChI=1S/C27H38N4O7/c1-9-15-23(30-17-12-14(36-8)10-11-16(17)28-15)37-19-13-18(24(33)34)29-20(19)21(32)22(26(2,3)4)31-25(35)38-27(5,6)7/h10-12,18-20,22,29H,9,13H2,1-8H3,(H,31,35)(H,33,34)/t18?,19?,20?,22-/m0/s1. The van der Waals surface area contributed by atoms with Crippen molar-refractivity contribution in [3.8, 4) is 11.6 Å². The lowest BCUT2D eigenvalue weighted by molar-refractivity contribution is -0.139. The van der Waals surface area contributed by atoms with Gasteiger partial charge in [0, 0.05) is 12.5 Å². The molecule has 0 radical (unpaired) electrons. The molecule has 11 heteroatoms. The third-order valence-corrected chi connectivity index (χ3v) is 6.14. The summed E-state index contributed by atoms with van der Waals surface area (Å²) in [6, 6.07) is 2.28. The number of carboxylic acids is 1. The van der Waals surface area contributed by atoms with E-state index < -0.39 is 53.1 Å². The van der Waals surface area contributed by atoms with Crippen molar-refractivity contribution in [1.82, 2.24) is 20.6 Å². The fraction of sp³-hybridized carbons (Fsp3) is 0.593. The Kier molecular flexibility index (Phi) is 8.50. The molecular formula is C27H38N4O7. The van der Waals surface area contributed by atoms with E-state index in [1.165, 1.54) is 0 Å².